The normalized spacial score (nSPS) is 23.5. The van der Waals surface area contributed by atoms with Crippen molar-refractivity contribution in [3.8, 4) is 5.75 Å². The van der Waals surface area contributed by atoms with Crippen LogP contribution in [0.1, 0.15) is 38.3 Å². The molecule has 0 radical (unpaired) electrons. The molecule has 1 aliphatic rings. The maximum atomic E-state index is 13.0. The topological polar surface area (TPSA) is 46.6 Å². The Morgan fingerprint density at radius 1 is 1.14 bits per heavy atom. The molecule has 0 saturated carbocycles. The van der Waals surface area contributed by atoms with Gasteiger partial charge in [-0.2, -0.15) is 4.31 Å². The molecule has 0 aliphatic carbocycles. The molecule has 2 rings (SSSR count). The van der Waals surface area contributed by atoms with Crippen molar-refractivity contribution in [1.82, 2.24) is 4.31 Å². The first kappa shape index (κ1) is 17.3. The zero-order valence-corrected chi connectivity index (χ0v) is 15.0. The number of hydrogen-bond donors (Lipinski definition) is 0. The van der Waals surface area contributed by atoms with Gasteiger partial charge < -0.3 is 4.74 Å². The molecule has 1 aliphatic heterocycles. The first-order valence-corrected chi connectivity index (χ1v) is 9.44. The van der Waals surface area contributed by atoms with Gasteiger partial charge in [-0.15, -0.1) is 0 Å². The van der Waals surface area contributed by atoms with Gasteiger partial charge in [-0.1, -0.05) is 13.8 Å². The summed E-state index contributed by atoms with van der Waals surface area (Å²) in [6, 6.07) is 3.46. The molecule has 124 valence electrons. The minimum absolute atomic E-state index is 0.405. The van der Waals surface area contributed by atoms with Gasteiger partial charge in [0.05, 0.1) is 11.5 Å². The third kappa shape index (κ3) is 3.30. The lowest BCUT2D eigenvalue weighted by Gasteiger charge is -2.34. The van der Waals surface area contributed by atoms with Gasteiger partial charge >= 0.3 is 0 Å². The van der Waals surface area contributed by atoms with Crippen molar-refractivity contribution in [2.45, 2.75) is 45.9 Å². The van der Waals surface area contributed by atoms with Crippen LogP contribution in [-0.2, 0) is 10.0 Å². The van der Waals surface area contributed by atoms with Gasteiger partial charge in [-0.05, 0) is 62.3 Å². The first-order chi connectivity index (χ1) is 10.3. The maximum Gasteiger partial charge on any atom is 0.243 e. The zero-order valence-electron chi connectivity index (χ0n) is 14.2. The van der Waals surface area contributed by atoms with E-state index in [9.17, 15) is 8.42 Å². The van der Waals surface area contributed by atoms with Gasteiger partial charge in [-0.25, -0.2) is 8.42 Å². The lowest BCUT2D eigenvalue weighted by Crippen LogP contribution is -2.42. The van der Waals surface area contributed by atoms with Gasteiger partial charge in [0.1, 0.15) is 5.75 Å². The van der Waals surface area contributed by atoms with E-state index in [4.69, 9.17) is 4.74 Å². The molecule has 0 amide bonds. The van der Waals surface area contributed by atoms with E-state index in [1.165, 1.54) is 0 Å². The van der Waals surface area contributed by atoms with E-state index in [0.717, 1.165) is 23.3 Å². The van der Waals surface area contributed by atoms with E-state index in [1.54, 1.807) is 16.4 Å². The van der Waals surface area contributed by atoms with Crippen LogP contribution in [0.2, 0.25) is 0 Å². The van der Waals surface area contributed by atoms with Crippen LogP contribution in [0, 0.1) is 25.7 Å². The third-order valence-electron chi connectivity index (χ3n) is 4.44. The van der Waals surface area contributed by atoms with Gasteiger partial charge in [-0.3, -0.25) is 0 Å². The van der Waals surface area contributed by atoms with Crippen LogP contribution in [0.5, 0.6) is 5.75 Å². The van der Waals surface area contributed by atoms with Crippen LogP contribution in [0.25, 0.3) is 0 Å². The fourth-order valence-corrected chi connectivity index (χ4v) is 5.26. The van der Waals surface area contributed by atoms with Crippen LogP contribution >= 0.6 is 0 Å². The summed E-state index contributed by atoms with van der Waals surface area (Å²) in [6.45, 7) is 11.7. The highest BCUT2D eigenvalue weighted by atomic mass is 32.2. The second-order valence-corrected chi connectivity index (χ2v) is 8.42. The molecule has 22 heavy (non-hydrogen) atoms. The summed E-state index contributed by atoms with van der Waals surface area (Å²) in [5, 5.41) is 0. The quantitative estimate of drug-likeness (QED) is 0.852. The fraction of sp³-hybridized carbons (Fsp3) is 0.647. The number of hydrogen-bond acceptors (Lipinski definition) is 3. The molecular formula is C17H27NO3S. The molecule has 5 heteroatoms. The van der Waals surface area contributed by atoms with Crippen LogP contribution in [0.15, 0.2) is 17.0 Å². The molecule has 1 fully saturated rings. The van der Waals surface area contributed by atoms with Crippen molar-refractivity contribution in [2.75, 3.05) is 19.7 Å². The Balaban J connectivity index is 2.39. The number of rotatable bonds is 4. The van der Waals surface area contributed by atoms with Crippen LogP contribution in [-0.4, -0.2) is 32.4 Å². The van der Waals surface area contributed by atoms with Crippen molar-refractivity contribution in [3.05, 3.63) is 23.3 Å². The van der Waals surface area contributed by atoms with Crippen molar-refractivity contribution in [2.24, 2.45) is 11.8 Å². The van der Waals surface area contributed by atoms with E-state index in [2.05, 4.69) is 13.8 Å². The first-order valence-electron chi connectivity index (χ1n) is 8.00. The SMILES string of the molecule is CCOc1ccc(S(=O)(=O)N2CC(C)CC(C)C2)c(C)c1C. The number of nitrogens with zero attached hydrogens (tertiary/aromatic N) is 1. The average molecular weight is 325 g/mol. The second-order valence-electron chi connectivity index (χ2n) is 6.51. The molecule has 2 unspecified atom stereocenters. The Morgan fingerprint density at radius 3 is 2.27 bits per heavy atom. The highest BCUT2D eigenvalue weighted by molar-refractivity contribution is 7.89. The molecule has 1 aromatic carbocycles. The minimum Gasteiger partial charge on any atom is -0.494 e. The molecule has 0 aromatic heterocycles. The molecule has 4 nitrogen and oxygen atoms in total. The monoisotopic (exact) mass is 325 g/mol. The average Bonchev–Trinajstić information content (AvgIpc) is 2.43. The summed E-state index contributed by atoms with van der Waals surface area (Å²) in [6.07, 6.45) is 1.09. The van der Waals surface area contributed by atoms with Crippen LogP contribution in [0.4, 0.5) is 0 Å². The van der Waals surface area contributed by atoms with E-state index in [1.807, 2.05) is 20.8 Å². The standard InChI is InChI=1S/C17H27NO3S/c1-6-21-16-7-8-17(15(5)14(16)4)22(19,20)18-10-12(2)9-13(3)11-18/h7-8,12-13H,6,9-11H2,1-5H3. The summed E-state index contributed by atoms with van der Waals surface area (Å²) in [4.78, 5) is 0.412. The molecule has 0 bridgehead atoms. The highest BCUT2D eigenvalue weighted by Crippen LogP contribution is 2.32. The van der Waals surface area contributed by atoms with Crippen molar-refractivity contribution >= 4 is 10.0 Å². The predicted molar refractivity (Wildman–Crippen MR) is 88.8 cm³/mol. The van der Waals surface area contributed by atoms with Gasteiger partial charge in [0, 0.05) is 13.1 Å². The second kappa shape index (κ2) is 6.59. The minimum atomic E-state index is -3.43. The number of ether oxygens (including phenoxy) is 1. The Labute approximate surface area is 134 Å². The molecular weight excluding hydrogens is 298 g/mol. The van der Waals surface area contributed by atoms with E-state index >= 15 is 0 Å². The molecule has 1 saturated heterocycles. The number of sulfonamides is 1. The van der Waals surface area contributed by atoms with Gasteiger partial charge in [0.15, 0.2) is 0 Å². The summed E-state index contributed by atoms with van der Waals surface area (Å²) in [5.74, 6) is 1.57. The molecule has 0 spiro atoms. The van der Waals surface area contributed by atoms with E-state index in [0.29, 0.717) is 36.4 Å². The molecule has 0 N–H and O–H groups in total. The number of benzene rings is 1. The summed E-state index contributed by atoms with van der Waals surface area (Å²) >= 11 is 0. The van der Waals surface area contributed by atoms with Crippen molar-refractivity contribution < 1.29 is 13.2 Å². The predicted octanol–water partition coefficient (Wildman–Crippen LogP) is 3.37. The maximum absolute atomic E-state index is 13.0. The smallest absolute Gasteiger partial charge is 0.243 e. The number of piperidine rings is 1. The van der Waals surface area contributed by atoms with Gasteiger partial charge in [0.2, 0.25) is 10.0 Å². The Bertz CT molecular complexity index is 630. The highest BCUT2D eigenvalue weighted by Gasteiger charge is 2.33. The third-order valence-corrected chi connectivity index (χ3v) is 6.42. The van der Waals surface area contributed by atoms with Gasteiger partial charge in [0.25, 0.3) is 0 Å². The van der Waals surface area contributed by atoms with Crippen LogP contribution < -0.4 is 4.74 Å². The van der Waals surface area contributed by atoms with Crippen LogP contribution in [0.3, 0.4) is 0 Å². The summed E-state index contributed by atoms with van der Waals surface area (Å²) in [7, 11) is -3.43. The Morgan fingerprint density at radius 2 is 1.73 bits per heavy atom. The Kier molecular flexibility index (Phi) is 5.17. The largest absolute Gasteiger partial charge is 0.494 e. The van der Waals surface area contributed by atoms with Crippen molar-refractivity contribution in [3.63, 3.8) is 0 Å². The zero-order chi connectivity index (χ0) is 16.5. The van der Waals surface area contributed by atoms with E-state index < -0.39 is 10.0 Å². The van der Waals surface area contributed by atoms with E-state index in [-0.39, 0.29) is 0 Å². The molecule has 2 atom stereocenters. The van der Waals surface area contributed by atoms with Crippen molar-refractivity contribution in [1.29, 1.82) is 0 Å². The summed E-state index contributed by atoms with van der Waals surface area (Å²) in [5.41, 5.74) is 1.69. The summed E-state index contributed by atoms with van der Waals surface area (Å²) < 4.78 is 33.2. The molecule has 1 heterocycles. The lowest BCUT2D eigenvalue weighted by molar-refractivity contribution is 0.222. The Hall–Kier alpha value is -1.07. The molecule has 1 aromatic rings. The fourth-order valence-electron chi connectivity index (χ4n) is 3.30. The lowest BCUT2D eigenvalue weighted by atomic mass is 9.94.